The third-order valence-electron chi connectivity index (χ3n) is 5.02. The quantitative estimate of drug-likeness (QED) is 0.613. The molecule has 5 nitrogen and oxygen atoms in total. The molecule has 0 bridgehead atoms. The molecular weight excluding hydrogens is 390 g/mol. The highest BCUT2D eigenvalue weighted by atomic mass is 35.5. The lowest BCUT2D eigenvalue weighted by Gasteiger charge is -2.32. The summed E-state index contributed by atoms with van der Waals surface area (Å²) >= 11 is 0. The molecule has 1 heterocycles. The molecule has 2 aromatic carbocycles. The second-order valence-corrected chi connectivity index (χ2v) is 7.22. The van der Waals surface area contributed by atoms with Gasteiger partial charge >= 0.3 is 5.97 Å². The third-order valence-corrected chi connectivity index (χ3v) is 5.02. The Morgan fingerprint density at radius 1 is 1.14 bits per heavy atom. The molecule has 1 aliphatic heterocycles. The monoisotopic (exact) mass is 419 g/mol. The van der Waals surface area contributed by atoms with Gasteiger partial charge in [-0.05, 0) is 48.2 Å². The van der Waals surface area contributed by atoms with E-state index in [0.29, 0.717) is 19.7 Å². The first-order valence-corrected chi connectivity index (χ1v) is 10.1. The number of nitrogens with zero attached hydrogens (tertiary/aromatic N) is 1. The summed E-state index contributed by atoms with van der Waals surface area (Å²) in [5.41, 5.74) is 2.42. The van der Waals surface area contributed by atoms with Crippen molar-refractivity contribution >= 4 is 18.4 Å². The molecule has 1 aliphatic rings. The molecule has 0 spiro atoms. The van der Waals surface area contributed by atoms with E-state index in [-0.39, 0.29) is 24.9 Å². The molecule has 6 heteroatoms. The highest BCUT2D eigenvalue weighted by Crippen LogP contribution is 2.27. The Bertz CT molecular complexity index is 748. The van der Waals surface area contributed by atoms with E-state index < -0.39 is 5.97 Å². The topological polar surface area (TPSA) is 59.0 Å². The number of hydrogen-bond donors (Lipinski definition) is 1. The fraction of sp³-hybridized carbons (Fsp3) is 0.435. The van der Waals surface area contributed by atoms with Crippen molar-refractivity contribution in [3.8, 4) is 11.5 Å². The first-order chi connectivity index (χ1) is 13.6. The van der Waals surface area contributed by atoms with Crippen molar-refractivity contribution in [1.82, 2.24) is 4.90 Å². The zero-order valence-electron chi connectivity index (χ0n) is 16.9. The van der Waals surface area contributed by atoms with Gasteiger partial charge < -0.3 is 14.6 Å². The smallest absolute Gasteiger partial charge is 0.304 e. The molecular formula is C23H30ClNO4. The number of carboxylic acids is 1. The Hall–Kier alpha value is -2.08. The molecule has 1 fully saturated rings. The number of benzene rings is 2. The standard InChI is InChI=1S/C23H29NO4.ClH/c1-2-3-4-18-5-9-20(10-6-18)28-21-11-7-19(8-12-21)22-17-24(15-16-27-22)14-13-23(25)26;/h5-12,22H,2-4,13-17H2,1H3,(H,25,26);1H. The maximum absolute atomic E-state index is 10.8. The lowest BCUT2D eigenvalue weighted by Crippen LogP contribution is -2.39. The average molecular weight is 420 g/mol. The van der Waals surface area contributed by atoms with Crippen LogP contribution in [0.15, 0.2) is 48.5 Å². The number of rotatable bonds is 9. The number of aliphatic carboxylic acids is 1. The van der Waals surface area contributed by atoms with E-state index in [4.69, 9.17) is 14.6 Å². The molecule has 0 amide bonds. The van der Waals surface area contributed by atoms with Crippen LogP contribution < -0.4 is 4.74 Å². The predicted molar refractivity (Wildman–Crippen MR) is 116 cm³/mol. The van der Waals surface area contributed by atoms with Crippen molar-refractivity contribution in [3.63, 3.8) is 0 Å². The first kappa shape index (κ1) is 23.2. The second kappa shape index (κ2) is 11.8. The van der Waals surface area contributed by atoms with E-state index in [1.807, 2.05) is 36.4 Å². The molecule has 1 unspecified atom stereocenters. The number of halogens is 1. The summed E-state index contributed by atoms with van der Waals surface area (Å²) in [4.78, 5) is 12.9. The van der Waals surface area contributed by atoms with Crippen LogP contribution in [-0.4, -0.2) is 42.2 Å². The molecule has 158 valence electrons. The van der Waals surface area contributed by atoms with Gasteiger partial charge in [0.2, 0.25) is 0 Å². The van der Waals surface area contributed by atoms with E-state index in [9.17, 15) is 4.79 Å². The maximum Gasteiger partial charge on any atom is 0.304 e. The van der Waals surface area contributed by atoms with Gasteiger partial charge in [0.15, 0.2) is 0 Å². The molecule has 1 saturated heterocycles. The van der Waals surface area contributed by atoms with Crippen molar-refractivity contribution in [2.45, 2.75) is 38.7 Å². The van der Waals surface area contributed by atoms with E-state index in [1.165, 1.54) is 18.4 Å². The number of carbonyl (C=O) groups is 1. The van der Waals surface area contributed by atoms with E-state index in [0.717, 1.165) is 30.0 Å². The molecule has 0 radical (unpaired) electrons. The van der Waals surface area contributed by atoms with Gasteiger partial charge in [0.05, 0.1) is 19.1 Å². The Morgan fingerprint density at radius 3 is 2.41 bits per heavy atom. The normalized spacial score (nSPS) is 16.8. The van der Waals surface area contributed by atoms with Crippen molar-refractivity contribution in [2.24, 2.45) is 0 Å². The summed E-state index contributed by atoms with van der Waals surface area (Å²) in [6.45, 7) is 4.87. The van der Waals surface area contributed by atoms with Gasteiger partial charge in [-0.15, -0.1) is 12.4 Å². The van der Waals surface area contributed by atoms with Crippen LogP contribution in [0.5, 0.6) is 11.5 Å². The van der Waals surface area contributed by atoms with Crippen LogP contribution in [0.3, 0.4) is 0 Å². The summed E-state index contributed by atoms with van der Waals surface area (Å²) in [6, 6.07) is 16.3. The van der Waals surface area contributed by atoms with E-state index in [2.05, 4.69) is 24.0 Å². The van der Waals surface area contributed by atoms with Crippen molar-refractivity contribution < 1.29 is 19.4 Å². The van der Waals surface area contributed by atoms with Crippen LogP contribution in [0.2, 0.25) is 0 Å². The Balaban J connectivity index is 0.00000300. The van der Waals surface area contributed by atoms with Crippen LogP contribution in [0.4, 0.5) is 0 Å². The maximum atomic E-state index is 10.8. The molecule has 0 aromatic heterocycles. The molecule has 2 aromatic rings. The summed E-state index contributed by atoms with van der Waals surface area (Å²) in [7, 11) is 0. The summed E-state index contributed by atoms with van der Waals surface area (Å²) in [5.74, 6) is 0.869. The Labute approximate surface area is 179 Å². The predicted octanol–water partition coefficient (Wildman–Crippen LogP) is 5.09. The van der Waals surface area contributed by atoms with Crippen molar-refractivity contribution in [1.29, 1.82) is 0 Å². The van der Waals surface area contributed by atoms with Crippen LogP contribution in [0.1, 0.15) is 43.4 Å². The lowest BCUT2D eigenvalue weighted by molar-refractivity contribution is -0.137. The molecule has 0 saturated carbocycles. The van der Waals surface area contributed by atoms with Gasteiger partial charge in [0.1, 0.15) is 11.5 Å². The SMILES string of the molecule is CCCCc1ccc(Oc2ccc(C3CN(CCC(=O)O)CCO3)cc2)cc1.Cl. The van der Waals surface area contributed by atoms with E-state index >= 15 is 0 Å². The molecule has 3 rings (SSSR count). The minimum atomic E-state index is -0.761. The highest BCUT2D eigenvalue weighted by Gasteiger charge is 2.22. The fourth-order valence-electron chi connectivity index (χ4n) is 3.35. The zero-order chi connectivity index (χ0) is 19.8. The first-order valence-electron chi connectivity index (χ1n) is 10.1. The number of unbranched alkanes of at least 4 members (excludes halogenated alkanes) is 1. The number of carboxylic acid groups (broad SMARTS) is 1. The molecule has 1 atom stereocenters. The zero-order valence-corrected chi connectivity index (χ0v) is 17.7. The van der Waals surface area contributed by atoms with Gasteiger partial charge in [-0.1, -0.05) is 37.6 Å². The summed E-state index contributed by atoms with van der Waals surface area (Å²) in [6.07, 6.45) is 3.65. The second-order valence-electron chi connectivity index (χ2n) is 7.22. The minimum Gasteiger partial charge on any atom is -0.481 e. The molecule has 0 aliphatic carbocycles. The molecule has 29 heavy (non-hydrogen) atoms. The lowest BCUT2D eigenvalue weighted by atomic mass is 10.1. The Morgan fingerprint density at radius 2 is 1.79 bits per heavy atom. The fourth-order valence-corrected chi connectivity index (χ4v) is 3.35. The highest BCUT2D eigenvalue weighted by molar-refractivity contribution is 5.85. The number of ether oxygens (including phenoxy) is 2. The van der Waals surface area contributed by atoms with Gasteiger partial charge in [0.25, 0.3) is 0 Å². The molecule has 1 N–H and O–H groups in total. The number of morpholine rings is 1. The van der Waals surface area contributed by atoms with Gasteiger partial charge in [0, 0.05) is 19.6 Å². The van der Waals surface area contributed by atoms with Gasteiger partial charge in [-0.3, -0.25) is 9.69 Å². The van der Waals surface area contributed by atoms with Crippen LogP contribution in [0.25, 0.3) is 0 Å². The Kier molecular flexibility index (Phi) is 9.45. The average Bonchev–Trinajstić information content (AvgIpc) is 2.72. The number of aryl methyl sites for hydroxylation is 1. The summed E-state index contributed by atoms with van der Waals surface area (Å²) in [5, 5.41) is 8.86. The largest absolute Gasteiger partial charge is 0.481 e. The van der Waals surface area contributed by atoms with Crippen molar-refractivity contribution in [2.75, 3.05) is 26.2 Å². The van der Waals surface area contributed by atoms with Crippen LogP contribution in [0, 0.1) is 0 Å². The van der Waals surface area contributed by atoms with E-state index in [1.54, 1.807) is 0 Å². The minimum absolute atomic E-state index is 0. The number of hydrogen-bond acceptors (Lipinski definition) is 4. The van der Waals surface area contributed by atoms with Crippen LogP contribution in [-0.2, 0) is 16.0 Å². The van der Waals surface area contributed by atoms with Gasteiger partial charge in [-0.25, -0.2) is 0 Å². The van der Waals surface area contributed by atoms with Crippen molar-refractivity contribution in [3.05, 3.63) is 59.7 Å². The summed E-state index contributed by atoms with van der Waals surface area (Å²) < 4.78 is 11.8. The van der Waals surface area contributed by atoms with Crippen LogP contribution >= 0.6 is 12.4 Å². The van der Waals surface area contributed by atoms with Gasteiger partial charge in [-0.2, -0.15) is 0 Å². The third kappa shape index (κ3) is 7.35.